The number of unbranched alkanes of at least 4 members (excludes halogenated alkanes) is 8. The van der Waals surface area contributed by atoms with Gasteiger partial charge in [0, 0.05) is 12.5 Å². The number of nitrogens with one attached hydrogen (secondary N) is 1. The number of hydrogen-bond acceptors (Lipinski definition) is 2. The quantitative estimate of drug-likeness (QED) is 0.222. The van der Waals surface area contributed by atoms with Crippen molar-refractivity contribution >= 4 is 0 Å². The van der Waals surface area contributed by atoms with Crippen LogP contribution in [0.15, 0.2) is 0 Å². The molecule has 19 heavy (non-hydrogen) atoms. The Hall–Kier alpha value is -0.520. The van der Waals surface area contributed by atoms with Gasteiger partial charge in [0.25, 0.3) is 0 Å². The average Bonchev–Trinajstić information content (AvgIpc) is 2.43. The van der Waals surface area contributed by atoms with Crippen LogP contribution in [0.1, 0.15) is 90.9 Å². The van der Waals surface area contributed by atoms with Gasteiger partial charge in [0.1, 0.15) is 0 Å². The van der Waals surface area contributed by atoms with Crippen LogP contribution in [0.5, 0.6) is 0 Å². The lowest BCUT2D eigenvalue weighted by molar-refractivity contribution is 0.441. The van der Waals surface area contributed by atoms with Crippen molar-refractivity contribution in [2.75, 3.05) is 0 Å². The lowest BCUT2D eigenvalue weighted by Gasteiger charge is -2.14. The molecule has 0 aromatic carbocycles. The minimum Gasteiger partial charge on any atom is -0.271 e. The Kier molecular flexibility index (Phi) is 15.1. The molecule has 0 aliphatic rings. The first-order valence-corrected chi connectivity index (χ1v) is 8.20. The Morgan fingerprint density at radius 1 is 0.895 bits per heavy atom. The van der Waals surface area contributed by atoms with Crippen molar-refractivity contribution in [1.29, 1.82) is 0 Å². The van der Waals surface area contributed by atoms with Gasteiger partial charge in [-0.15, -0.1) is 11.8 Å². The van der Waals surface area contributed by atoms with Gasteiger partial charge in [0.2, 0.25) is 0 Å². The van der Waals surface area contributed by atoms with E-state index < -0.39 is 0 Å². The molecule has 1 unspecified atom stereocenters. The zero-order valence-electron chi connectivity index (χ0n) is 13.1. The first kappa shape index (κ1) is 18.5. The molecule has 0 spiro atoms. The van der Waals surface area contributed by atoms with Gasteiger partial charge in [-0.25, -0.2) is 0 Å². The molecule has 2 heteroatoms. The van der Waals surface area contributed by atoms with Crippen LogP contribution in [-0.4, -0.2) is 6.04 Å². The SMILES string of the molecule is CC#CCCC(CCCCCCCCCCC)NN. The Bertz CT molecular complexity index is 227. The van der Waals surface area contributed by atoms with Crippen LogP contribution in [-0.2, 0) is 0 Å². The summed E-state index contributed by atoms with van der Waals surface area (Å²) in [5.74, 6) is 11.6. The molecule has 0 heterocycles. The molecule has 3 N–H and O–H groups in total. The summed E-state index contributed by atoms with van der Waals surface area (Å²) in [6.07, 6.45) is 15.7. The first-order valence-electron chi connectivity index (χ1n) is 8.20. The van der Waals surface area contributed by atoms with E-state index in [0.29, 0.717) is 6.04 Å². The maximum atomic E-state index is 5.57. The van der Waals surface area contributed by atoms with E-state index in [1.807, 2.05) is 6.92 Å². The highest BCUT2D eigenvalue weighted by Crippen LogP contribution is 2.12. The molecule has 112 valence electrons. The molecule has 0 saturated carbocycles. The Labute approximate surface area is 120 Å². The Morgan fingerprint density at radius 3 is 2.00 bits per heavy atom. The molecule has 0 aliphatic carbocycles. The predicted octanol–water partition coefficient (Wildman–Crippen LogP) is 4.54. The van der Waals surface area contributed by atoms with Crippen molar-refractivity contribution in [1.82, 2.24) is 5.43 Å². The standard InChI is InChI=1S/C17H34N2/c1-3-5-7-8-9-10-11-12-14-16-17(19-18)15-13-6-4-2/h17,19H,3,5,7-16,18H2,1-2H3. The summed E-state index contributed by atoms with van der Waals surface area (Å²) in [5, 5.41) is 0. The smallest absolute Gasteiger partial charge is 0.0219 e. The van der Waals surface area contributed by atoms with Crippen molar-refractivity contribution in [3.63, 3.8) is 0 Å². The lowest BCUT2D eigenvalue weighted by atomic mass is 10.0. The fraction of sp³-hybridized carbons (Fsp3) is 0.882. The van der Waals surface area contributed by atoms with Gasteiger partial charge < -0.3 is 0 Å². The molecular formula is C17H34N2. The first-order chi connectivity index (χ1) is 9.35. The molecule has 0 rings (SSSR count). The summed E-state index contributed by atoms with van der Waals surface area (Å²) in [7, 11) is 0. The van der Waals surface area contributed by atoms with Crippen molar-refractivity contribution in [2.45, 2.75) is 96.9 Å². The van der Waals surface area contributed by atoms with Gasteiger partial charge in [-0.1, -0.05) is 64.7 Å². The average molecular weight is 266 g/mol. The van der Waals surface area contributed by atoms with Crippen LogP contribution in [0.2, 0.25) is 0 Å². The zero-order valence-corrected chi connectivity index (χ0v) is 13.1. The van der Waals surface area contributed by atoms with Crippen molar-refractivity contribution in [3.8, 4) is 11.8 Å². The summed E-state index contributed by atoms with van der Waals surface area (Å²) < 4.78 is 0. The summed E-state index contributed by atoms with van der Waals surface area (Å²) >= 11 is 0. The maximum Gasteiger partial charge on any atom is 0.0219 e. The van der Waals surface area contributed by atoms with Crippen molar-refractivity contribution in [3.05, 3.63) is 0 Å². The number of hydrogen-bond donors (Lipinski definition) is 2. The van der Waals surface area contributed by atoms with Gasteiger partial charge in [0.05, 0.1) is 0 Å². The Morgan fingerprint density at radius 2 is 1.47 bits per heavy atom. The van der Waals surface area contributed by atoms with Crippen LogP contribution in [0.3, 0.4) is 0 Å². The summed E-state index contributed by atoms with van der Waals surface area (Å²) in [6, 6.07) is 0.449. The van der Waals surface area contributed by atoms with Gasteiger partial charge in [-0.05, 0) is 19.8 Å². The van der Waals surface area contributed by atoms with E-state index >= 15 is 0 Å². The normalized spacial score (nSPS) is 11.9. The molecule has 0 bridgehead atoms. The molecule has 0 aromatic rings. The molecule has 0 radical (unpaired) electrons. The number of hydrazine groups is 1. The van der Waals surface area contributed by atoms with Gasteiger partial charge in [-0.3, -0.25) is 11.3 Å². The van der Waals surface area contributed by atoms with E-state index in [2.05, 4.69) is 24.2 Å². The molecule has 1 atom stereocenters. The second-order valence-electron chi connectivity index (χ2n) is 5.45. The van der Waals surface area contributed by atoms with E-state index in [1.165, 1.54) is 64.2 Å². The molecular weight excluding hydrogens is 232 g/mol. The van der Waals surface area contributed by atoms with Gasteiger partial charge in [-0.2, -0.15) is 0 Å². The summed E-state index contributed by atoms with van der Waals surface area (Å²) in [4.78, 5) is 0. The molecule has 0 amide bonds. The van der Waals surface area contributed by atoms with Crippen LogP contribution >= 0.6 is 0 Å². The largest absolute Gasteiger partial charge is 0.271 e. The molecule has 0 aliphatic heterocycles. The zero-order chi connectivity index (χ0) is 14.2. The third kappa shape index (κ3) is 13.7. The third-order valence-corrected chi connectivity index (χ3v) is 3.69. The van der Waals surface area contributed by atoms with E-state index in [0.717, 1.165) is 12.8 Å². The maximum absolute atomic E-state index is 5.57. The Balaban J connectivity index is 3.28. The number of rotatable bonds is 13. The summed E-state index contributed by atoms with van der Waals surface area (Å²) in [6.45, 7) is 4.17. The van der Waals surface area contributed by atoms with Crippen molar-refractivity contribution in [2.24, 2.45) is 5.84 Å². The fourth-order valence-corrected chi connectivity index (χ4v) is 2.38. The highest BCUT2D eigenvalue weighted by Gasteiger charge is 2.04. The van der Waals surface area contributed by atoms with Crippen LogP contribution in [0.25, 0.3) is 0 Å². The van der Waals surface area contributed by atoms with Gasteiger partial charge in [0.15, 0.2) is 0 Å². The highest BCUT2D eigenvalue weighted by atomic mass is 15.2. The molecule has 2 nitrogen and oxygen atoms in total. The number of nitrogens with two attached hydrogens (primary N) is 1. The minimum absolute atomic E-state index is 0.449. The minimum atomic E-state index is 0.449. The highest BCUT2D eigenvalue weighted by molar-refractivity contribution is 4.95. The molecule has 0 fully saturated rings. The molecule has 0 saturated heterocycles. The van der Waals surface area contributed by atoms with Gasteiger partial charge >= 0.3 is 0 Å². The summed E-state index contributed by atoms with van der Waals surface area (Å²) in [5.41, 5.74) is 2.92. The van der Waals surface area contributed by atoms with Crippen molar-refractivity contribution < 1.29 is 0 Å². The van der Waals surface area contributed by atoms with E-state index in [4.69, 9.17) is 5.84 Å². The van der Waals surface area contributed by atoms with Crippen LogP contribution < -0.4 is 11.3 Å². The molecule has 0 aromatic heterocycles. The van der Waals surface area contributed by atoms with E-state index in [9.17, 15) is 0 Å². The topological polar surface area (TPSA) is 38.0 Å². The fourth-order valence-electron chi connectivity index (χ4n) is 2.38. The predicted molar refractivity (Wildman–Crippen MR) is 85.6 cm³/mol. The van der Waals surface area contributed by atoms with Crippen LogP contribution in [0.4, 0.5) is 0 Å². The van der Waals surface area contributed by atoms with Crippen LogP contribution in [0, 0.1) is 11.8 Å². The lowest BCUT2D eigenvalue weighted by Crippen LogP contribution is -2.34. The van der Waals surface area contributed by atoms with E-state index in [-0.39, 0.29) is 0 Å². The monoisotopic (exact) mass is 266 g/mol. The van der Waals surface area contributed by atoms with E-state index in [1.54, 1.807) is 0 Å². The second-order valence-corrected chi connectivity index (χ2v) is 5.45. The third-order valence-electron chi connectivity index (χ3n) is 3.69. The second kappa shape index (κ2) is 15.5.